The first kappa shape index (κ1) is 85.1. The standard InChI is InChI=1S/C68H132O17P2/c1-9-61(8)47-39-31-26-27-35-43-51-68(73)85-64(55-78-65(70)48-40-32-23-17-15-13-11-10-12-14-16-20-28-36-44-58(2)3)57-83-87(76,77)81-53-62(69)52-80-86(74,75)82-56-63(84-67(72)50-42-34-25-19-22-30-38-46-60(6)7)54-79-66(71)49-41-33-24-18-21-29-37-45-59(4)5/h58-64,69H,9-57H2,1-8H3,(H,74,75)(H,76,77)/t61?,62?,63-,64-/m1/s1. The van der Waals surface area contributed by atoms with Gasteiger partial charge in [-0.3, -0.25) is 37.3 Å². The highest BCUT2D eigenvalue weighted by atomic mass is 31.2. The molecular formula is C68H132O17P2. The van der Waals surface area contributed by atoms with Crippen LogP contribution in [0.3, 0.4) is 0 Å². The van der Waals surface area contributed by atoms with Crippen LogP contribution >= 0.6 is 15.6 Å². The number of phosphoric ester groups is 2. The van der Waals surface area contributed by atoms with Crippen LogP contribution in [-0.2, 0) is 65.4 Å². The van der Waals surface area contributed by atoms with Gasteiger partial charge in [0.1, 0.15) is 19.3 Å². The zero-order valence-electron chi connectivity index (χ0n) is 56.6. The molecule has 0 aromatic rings. The summed E-state index contributed by atoms with van der Waals surface area (Å²) in [5, 5.41) is 10.6. The minimum absolute atomic E-state index is 0.102. The number of carbonyl (C=O) groups excluding carboxylic acids is 4. The van der Waals surface area contributed by atoms with Gasteiger partial charge in [-0.15, -0.1) is 0 Å². The number of unbranched alkanes of at least 4 members (excludes halogenated alkanes) is 30. The minimum atomic E-state index is -4.95. The predicted octanol–water partition coefficient (Wildman–Crippen LogP) is 18.9. The number of hydrogen-bond acceptors (Lipinski definition) is 15. The summed E-state index contributed by atoms with van der Waals surface area (Å²) >= 11 is 0. The molecule has 0 aliphatic heterocycles. The smallest absolute Gasteiger partial charge is 0.462 e. The molecule has 0 saturated carbocycles. The molecule has 6 atom stereocenters. The Bertz CT molecular complexity index is 1730. The molecule has 0 amide bonds. The maximum absolute atomic E-state index is 13.0. The van der Waals surface area contributed by atoms with Gasteiger partial charge in [0.25, 0.3) is 0 Å². The maximum Gasteiger partial charge on any atom is 0.472 e. The number of esters is 4. The lowest BCUT2D eigenvalue weighted by Crippen LogP contribution is -2.30. The van der Waals surface area contributed by atoms with Crippen molar-refractivity contribution in [1.82, 2.24) is 0 Å². The van der Waals surface area contributed by atoms with Crippen molar-refractivity contribution >= 4 is 39.5 Å². The van der Waals surface area contributed by atoms with Crippen molar-refractivity contribution in [3.63, 3.8) is 0 Å². The van der Waals surface area contributed by atoms with Crippen LogP contribution in [0.2, 0.25) is 0 Å². The Labute approximate surface area is 530 Å². The highest BCUT2D eigenvalue weighted by Crippen LogP contribution is 2.45. The summed E-state index contributed by atoms with van der Waals surface area (Å²) < 4.78 is 68.1. The summed E-state index contributed by atoms with van der Waals surface area (Å²) in [5.41, 5.74) is 0. The third kappa shape index (κ3) is 61.3. The number of carbonyl (C=O) groups is 4. The summed E-state index contributed by atoms with van der Waals surface area (Å²) in [7, 11) is -9.90. The SMILES string of the molecule is CCC(C)CCCCCCCCC(=O)O[C@H](COC(=O)CCCCCCCCCCCCCCCCC(C)C)COP(=O)(O)OCC(O)COP(=O)(O)OC[C@@H](COC(=O)CCCCCCCCCC(C)C)OC(=O)CCCCCCCCCC(C)C. The molecule has 0 aliphatic rings. The monoisotopic (exact) mass is 1280 g/mol. The summed E-state index contributed by atoms with van der Waals surface area (Å²) in [4.78, 5) is 72.4. The van der Waals surface area contributed by atoms with E-state index in [-0.39, 0.29) is 25.7 Å². The van der Waals surface area contributed by atoms with Crippen LogP contribution in [0, 0.1) is 23.7 Å². The molecule has 0 aromatic heterocycles. The molecule has 0 rings (SSSR count). The molecule has 0 heterocycles. The maximum atomic E-state index is 13.0. The minimum Gasteiger partial charge on any atom is -0.462 e. The molecule has 0 aliphatic carbocycles. The average molecular weight is 1280 g/mol. The zero-order valence-corrected chi connectivity index (χ0v) is 58.4. The summed E-state index contributed by atoms with van der Waals surface area (Å²) in [6.07, 6.45) is 39.2. The lowest BCUT2D eigenvalue weighted by atomic mass is 10.00. The topological polar surface area (TPSA) is 237 Å². The van der Waals surface area contributed by atoms with E-state index in [4.69, 9.17) is 37.0 Å². The van der Waals surface area contributed by atoms with E-state index < -0.39 is 97.5 Å². The van der Waals surface area contributed by atoms with Gasteiger partial charge < -0.3 is 33.8 Å². The number of hydrogen-bond donors (Lipinski definition) is 3. The van der Waals surface area contributed by atoms with Gasteiger partial charge in [-0.2, -0.15) is 0 Å². The van der Waals surface area contributed by atoms with Crippen LogP contribution in [0.15, 0.2) is 0 Å². The van der Waals surface area contributed by atoms with E-state index in [9.17, 15) is 43.2 Å². The number of phosphoric acid groups is 2. The molecule has 3 N–H and O–H groups in total. The third-order valence-corrected chi connectivity index (χ3v) is 17.8. The zero-order chi connectivity index (χ0) is 64.7. The van der Waals surface area contributed by atoms with Gasteiger partial charge in [0.2, 0.25) is 0 Å². The average Bonchev–Trinajstić information content (AvgIpc) is 3.57. The Morgan fingerprint density at radius 1 is 0.322 bits per heavy atom. The first-order valence-electron chi connectivity index (χ1n) is 35.2. The quantitative estimate of drug-likeness (QED) is 0.0222. The van der Waals surface area contributed by atoms with Crippen LogP contribution in [-0.4, -0.2) is 96.7 Å². The fraction of sp³-hybridized carbons (Fsp3) is 0.941. The van der Waals surface area contributed by atoms with Crippen molar-refractivity contribution in [3.8, 4) is 0 Å². The van der Waals surface area contributed by atoms with E-state index in [1.807, 2.05) is 0 Å². The molecule has 0 spiro atoms. The van der Waals surface area contributed by atoms with Gasteiger partial charge >= 0.3 is 39.5 Å². The normalized spacial score (nSPS) is 14.6. The lowest BCUT2D eigenvalue weighted by molar-refractivity contribution is -0.161. The molecule has 4 unspecified atom stereocenters. The van der Waals surface area contributed by atoms with E-state index in [0.29, 0.717) is 37.5 Å². The molecule has 0 fully saturated rings. The van der Waals surface area contributed by atoms with Gasteiger partial charge in [-0.1, -0.05) is 280 Å². The van der Waals surface area contributed by atoms with Crippen LogP contribution in [0.4, 0.5) is 0 Å². The van der Waals surface area contributed by atoms with Crippen molar-refractivity contribution in [2.45, 2.75) is 350 Å². The largest absolute Gasteiger partial charge is 0.472 e. The Hall–Kier alpha value is -1.94. The van der Waals surface area contributed by atoms with Gasteiger partial charge in [-0.05, 0) is 49.4 Å². The van der Waals surface area contributed by atoms with Gasteiger partial charge in [0.05, 0.1) is 26.4 Å². The van der Waals surface area contributed by atoms with E-state index in [0.717, 1.165) is 108 Å². The number of aliphatic hydroxyl groups excluding tert-OH is 1. The van der Waals surface area contributed by atoms with Crippen molar-refractivity contribution < 1.29 is 80.2 Å². The highest BCUT2D eigenvalue weighted by molar-refractivity contribution is 7.47. The molecule has 87 heavy (non-hydrogen) atoms. The van der Waals surface area contributed by atoms with Crippen molar-refractivity contribution in [2.75, 3.05) is 39.6 Å². The molecular weight excluding hydrogens is 1150 g/mol. The first-order chi connectivity index (χ1) is 41.6. The van der Waals surface area contributed by atoms with Crippen LogP contribution in [0.25, 0.3) is 0 Å². The molecule has 0 aromatic carbocycles. The lowest BCUT2D eigenvalue weighted by Gasteiger charge is -2.21. The fourth-order valence-electron chi connectivity index (χ4n) is 10.1. The van der Waals surface area contributed by atoms with E-state index in [1.165, 1.54) is 128 Å². The van der Waals surface area contributed by atoms with E-state index in [2.05, 4.69) is 55.4 Å². The molecule has 17 nitrogen and oxygen atoms in total. The number of aliphatic hydroxyl groups is 1. The second kappa shape index (κ2) is 57.9. The third-order valence-electron chi connectivity index (χ3n) is 15.9. The van der Waals surface area contributed by atoms with Crippen molar-refractivity contribution in [1.29, 1.82) is 0 Å². The first-order valence-corrected chi connectivity index (χ1v) is 38.2. The summed E-state index contributed by atoms with van der Waals surface area (Å²) in [6.45, 7) is 14.0. The highest BCUT2D eigenvalue weighted by Gasteiger charge is 2.30. The van der Waals surface area contributed by atoms with Crippen molar-refractivity contribution in [2.24, 2.45) is 23.7 Å². The van der Waals surface area contributed by atoms with Crippen molar-refractivity contribution in [3.05, 3.63) is 0 Å². The number of ether oxygens (including phenoxy) is 4. The molecule has 0 saturated heterocycles. The van der Waals surface area contributed by atoms with Crippen LogP contribution in [0.1, 0.15) is 331 Å². The van der Waals surface area contributed by atoms with E-state index >= 15 is 0 Å². The summed E-state index contributed by atoms with van der Waals surface area (Å²) in [6, 6.07) is 0. The molecule has 0 bridgehead atoms. The molecule has 516 valence electrons. The van der Waals surface area contributed by atoms with Gasteiger partial charge in [-0.25, -0.2) is 9.13 Å². The predicted molar refractivity (Wildman–Crippen MR) is 349 cm³/mol. The second-order valence-electron chi connectivity index (χ2n) is 26.2. The van der Waals surface area contributed by atoms with E-state index in [1.54, 1.807) is 0 Å². The fourth-order valence-corrected chi connectivity index (χ4v) is 11.7. The Kier molecular flexibility index (Phi) is 56.6. The van der Waals surface area contributed by atoms with Crippen LogP contribution in [0.5, 0.6) is 0 Å². The van der Waals surface area contributed by atoms with Crippen LogP contribution < -0.4 is 0 Å². The number of rotatable bonds is 65. The van der Waals surface area contributed by atoms with Gasteiger partial charge in [0, 0.05) is 25.7 Å². The molecule has 0 radical (unpaired) electrons. The second-order valence-corrected chi connectivity index (χ2v) is 29.1. The Balaban J connectivity index is 5.20. The van der Waals surface area contributed by atoms with Gasteiger partial charge in [0.15, 0.2) is 12.2 Å². The Morgan fingerprint density at radius 2 is 0.552 bits per heavy atom. The Morgan fingerprint density at radius 3 is 0.816 bits per heavy atom. The molecule has 19 heteroatoms. The summed E-state index contributed by atoms with van der Waals surface area (Å²) in [5.74, 6) is 0.782.